The van der Waals surface area contributed by atoms with E-state index < -0.39 is 12.0 Å². The predicted octanol–water partition coefficient (Wildman–Crippen LogP) is 1.06. The van der Waals surface area contributed by atoms with E-state index in [0.717, 1.165) is 11.1 Å². The lowest BCUT2D eigenvalue weighted by molar-refractivity contribution is -0.141. The lowest BCUT2D eigenvalue weighted by atomic mass is 10.1. The minimum atomic E-state index is -1.08. The van der Waals surface area contributed by atoms with Gasteiger partial charge in [0.25, 0.3) is 0 Å². The summed E-state index contributed by atoms with van der Waals surface area (Å²) >= 11 is 0. The Labute approximate surface area is 124 Å². The molecule has 1 amide bonds. The molecule has 6 nitrogen and oxygen atoms in total. The number of benzene rings is 1. The van der Waals surface area contributed by atoms with Gasteiger partial charge in [-0.1, -0.05) is 12.1 Å². The quantitative estimate of drug-likeness (QED) is 0.537. The summed E-state index contributed by atoms with van der Waals surface area (Å²) in [6, 6.07) is 4.74. The van der Waals surface area contributed by atoms with Crippen molar-refractivity contribution in [2.24, 2.45) is 0 Å². The van der Waals surface area contributed by atoms with Crippen LogP contribution in [0.1, 0.15) is 24.0 Å². The zero-order valence-electron chi connectivity index (χ0n) is 12.3. The molecule has 0 heterocycles. The third-order valence-electron chi connectivity index (χ3n) is 3.08. The van der Waals surface area contributed by atoms with Crippen molar-refractivity contribution >= 4 is 17.6 Å². The van der Waals surface area contributed by atoms with Gasteiger partial charge in [-0.25, -0.2) is 0 Å². The van der Waals surface area contributed by atoms with Crippen molar-refractivity contribution in [1.82, 2.24) is 5.32 Å². The Balaban J connectivity index is 2.61. The molecule has 0 aliphatic heterocycles. The Hall–Kier alpha value is -1.92. The van der Waals surface area contributed by atoms with Crippen LogP contribution in [-0.4, -0.2) is 41.3 Å². The molecule has 21 heavy (non-hydrogen) atoms. The summed E-state index contributed by atoms with van der Waals surface area (Å²) in [6.07, 6.45) is 0.288. The molecule has 6 heteroatoms. The number of amides is 1. The molecule has 0 bridgehead atoms. The number of carbonyl (C=O) groups excluding carboxylic acids is 1. The summed E-state index contributed by atoms with van der Waals surface area (Å²) in [5, 5.41) is 23.2. The molecule has 1 rings (SSSR count). The van der Waals surface area contributed by atoms with E-state index in [4.69, 9.17) is 10.2 Å². The zero-order valence-corrected chi connectivity index (χ0v) is 12.3. The summed E-state index contributed by atoms with van der Waals surface area (Å²) in [4.78, 5) is 23.1. The smallest absolute Gasteiger partial charge is 0.321 e. The fourth-order valence-electron chi connectivity index (χ4n) is 1.86. The average Bonchev–Trinajstić information content (AvgIpc) is 2.42. The highest BCUT2D eigenvalue weighted by molar-refractivity contribution is 5.94. The first-order chi connectivity index (χ1) is 9.93. The summed E-state index contributed by atoms with van der Waals surface area (Å²) in [6.45, 7) is 4.13. The van der Waals surface area contributed by atoms with Gasteiger partial charge in [0.15, 0.2) is 0 Å². The van der Waals surface area contributed by atoms with E-state index in [2.05, 4.69) is 10.6 Å². The van der Waals surface area contributed by atoms with Crippen LogP contribution in [0.2, 0.25) is 0 Å². The van der Waals surface area contributed by atoms with Crippen LogP contribution in [0.4, 0.5) is 5.69 Å². The van der Waals surface area contributed by atoms with E-state index in [1.807, 2.05) is 32.0 Å². The first-order valence-electron chi connectivity index (χ1n) is 6.88. The summed E-state index contributed by atoms with van der Waals surface area (Å²) in [5.41, 5.74) is 2.64. The second kappa shape index (κ2) is 8.39. The normalized spacial score (nSPS) is 12.0. The summed E-state index contributed by atoms with van der Waals surface area (Å²) < 4.78 is 0. The third kappa shape index (κ3) is 5.93. The molecular formula is C15H22N2O4. The van der Waals surface area contributed by atoms with Crippen LogP contribution < -0.4 is 10.6 Å². The number of aliphatic carboxylic acids is 1. The summed E-state index contributed by atoms with van der Waals surface area (Å²) in [7, 11) is 0. The van der Waals surface area contributed by atoms with Gasteiger partial charge >= 0.3 is 5.97 Å². The number of aliphatic hydroxyl groups is 1. The Kier molecular flexibility index (Phi) is 6.84. The largest absolute Gasteiger partial charge is 0.480 e. The highest BCUT2D eigenvalue weighted by Gasteiger charge is 2.20. The lowest BCUT2D eigenvalue weighted by Gasteiger charge is -2.15. The van der Waals surface area contributed by atoms with Crippen molar-refractivity contribution in [3.05, 3.63) is 29.3 Å². The van der Waals surface area contributed by atoms with E-state index in [-0.39, 0.29) is 18.9 Å². The number of aryl methyl sites for hydroxylation is 2. The molecule has 4 N–H and O–H groups in total. The van der Waals surface area contributed by atoms with Crippen LogP contribution >= 0.6 is 0 Å². The van der Waals surface area contributed by atoms with Crippen LogP contribution in [0.5, 0.6) is 0 Å². The van der Waals surface area contributed by atoms with Gasteiger partial charge in [0, 0.05) is 12.3 Å². The molecule has 1 unspecified atom stereocenters. The highest BCUT2D eigenvalue weighted by Crippen LogP contribution is 2.16. The minimum absolute atomic E-state index is 0.0198. The van der Waals surface area contributed by atoms with E-state index >= 15 is 0 Å². The molecule has 0 aliphatic rings. The molecule has 0 radical (unpaired) electrons. The van der Waals surface area contributed by atoms with Gasteiger partial charge in [0.2, 0.25) is 5.91 Å². The number of nitrogens with one attached hydrogen (secondary N) is 2. The van der Waals surface area contributed by atoms with Crippen molar-refractivity contribution in [3.63, 3.8) is 0 Å². The zero-order chi connectivity index (χ0) is 15.8. The van der Waals surface area contributed by atoms with Gasteiger partial charge < -0.3 is 20.8 Å². The number of rotatable bonds is 8. The van der Waals surface area contributed by atoms with Crippen LogP contribution in [0.3, 0.4) is 0 Å². The van der Waals surface area contributed by atoms with E-state index in [1.165, 1.54) is 0 Å². The first-order valence-corrected chi connectivity index (χ1v) is 6.88. The van der Waals surface area contributed by atoms with Crippen molar-refractivity contribution in [2.75, 3.05) is 18.5 Å². The molecular weight excluding hydrogens is 272 g/mol. The average molecular weight is 294 g/mol. The number of carbonyl (C=O) groups is 2. The van der Waals surface area contributed by atoms with Crippen molar-refractivity contribution in [3.8, 4) is 0 Å². The van der Waals surface area contributed by atoms with Gasteiger partial charge in [-0.2, -0.15) is 0 Å². The van der Waals surface area contributed by atoms with E-state index in [1.54, 1.807) is 0 Å². The van der Waals surface area contributed by atoms with Crippen LogP contribution in [0.15, 0.2) is 18.2 Å². The number of carboxylic acid groups (broad SMARTS) is 1. The Bertz CT molecular complexity index is 502. The Morgan fingerprint density at radius 2 is 2.00 bits per heavy atom. The molecule has 116 valence electrons. The molecule has 0 saturated carbocycles. The van der Waals surface area contributed by atoms with Crippen molar-refractivity contribution in [2.45, 2.75) is 32.7 Å². The number of anilines is 1. The maximum absolute atomic E-state index is 12.0. The van der Waals surface area contributed by atoms with Crippen LogP contribution in [0, 0.1) is 13.8 Å². The second-order valence-corrected chi connectivity index (χ2v) is 4.99. The maximum Gasteiger partial charge on any atom is 0.321 e. The SMILES string of the molecule is Cc1ccc(C)c(NC(=O)CC(NCCCO)C(=O)O)c1. The van der Waals surface area contributed by atoms with Gasteiger partial charge in [-0.15, -0.1) is 0 Å². The van der Waals surface area contributed by atoms with Gasteiger partial charge in [0.05, 0.1) is 6.42 Å². The standard InChI is InChI=1S/C15H22N2O4/c1-10-4-5-11(2)12(8-10)17-14(19)9-13(15(20)21)16-6-3-7-18/h4-5,8,13,16,18H,3,6-7,9H2,1-2H3,(H,17,19)(H,20,21). The fraction of sp³-hybridized carbons (Fsp3) is 0.467. The van der Waals surface area contributed by atoms with Crippen LogP contribution in [0.25, 0.3) is 0 Å². The van der Waals surface area contributed by atoms with Crippen molar-refractivity contribution < 1.29 is 19.8 Å². The summed E-state index contributed by atoms with van der Waals surface area (Å²) in [5.74, 6) is -1.43. The van der Waals surface area contributed by atoms with Gasteiger partial charge in [-0.3, -0.25) is 9.59 Å². The lowest BCUT2D eigenvalue weighted by Crippen LogP contribution is -2.40. The molecule has 1 atom stereocenters. The van der Waals surface area contributed by atoms with E-state index in [0.29, 0.717) is 18.7 Å². The molecule has 0 aliphatic carbocycles. The highest BCUT2D eigenvalue weighted by atomic mass is 16.4. The van der Waals surface area contributed by atoms with Gasteiger partial charge in [0.1, 0.15) is 6.04 Å². The number of hydrogen-bond donors (Lipinski definition) is 4. The molecule has 0 spiro atoms. The topological polar surface area (TPSA) is 98.7 Å². The third-order valence-corrected chi connectivity index (χ3v) is 3.08. The minimum Gasteiger partial charge on any atom is -0.480 e. The monoisotopic (exact) mass is 294 g/mol. The first kappa shape index (κ1) is 17.1. The predicted molar refractivity (Wildman–Crippen MR) is 80.3 cm³/mol. The fourth-order valence-corrected chi connectivity index (χ4v) is 1.86. The van der Waals surface area contributed by atoms with E-state index in [9.17, 15) is 9.59 Å². The van der Waals surface area contributed by atoms with Gasteiger partial charge in [-0.05, 0) is 44.0 Å². The number of carboxylic acids is 1. The number of aliphatic hydroxyl groups excluding tert-OH is 1. The maximum atomic E-state index is 12.0. The van der Waals surface area contributed by atoms with Crippen LogP contribution in [-0.2, 0) is 9.59 Å². The second-order valence-electron chi connectivity index (χ2n) is 4.99. The molecule has 0 aromatic heterocycles. The Morgan fingerprint density at radius 3 is 2.62 bits per heavy atom. The molecule has 0 fully saturated rings. The van der Waals surface area contributed by atoms with Crippen molar-refractivity contribution in [1.29, 1.82) is 0 Å². The molecule has 1 aromatic rings. The number of hydrogen-bond acceptors (Lipinski definition) is 4. The Morgan fingerprint density at radius 1 is 1.29 bits per heavy atom. The molecule has 0 saturated heterocycles. The molecule has 1 aromatic carbocycles.